The highest BCUT2D eigenvalue weighted by atomic mass is 16.3. The quantitative estimate of drug-likeness (QED) is 0.414. The van der Waals surface area contributed by atoms with E-state index in [0.29, 0.717) is 22.7 Å². The molecule has 0 amide bonds. The van der Waals surface area contributed by atoms with Gasteiger partial charge in [0, 0.05) is 0 Å². The Morgan fingerprint density at radius 2 is 1.49 bits per heavy atom. The second-order valence-corrected chi connectivity index (χ2v) is 14.6. The van der Waals surface area contributed by atoms with E-state index in [1.54, 1.807) is 0 Å². The van der Waals surface area contributed by atoms with Crippen LogP contribution in [0.25, 0.3) is 0 Å². The molecule has 35 heavy (non-hydrogen) atoms. The Bertz CT molecular complexity index is 830. The van der Waals surface area contributed by atoms with E-state index in [-0.39, 0.29) is 6.10 Å². The molecule has 1 aromatic carbocycles. The van der Waals surface area contributed by atoms with Crippen molar-refractivity contribution in [2.75, 3.05) is 0 Å². The molecule has 10 atom stereocenters. The van der Waals surface area contributed by atoms with Gasteiger partial charge in [-0.3, -0.25) is 0 Å². The van der Waals surface area contributed by atoms with Crippen LogP contribution in [-0.2, 0) is 6.42 Å². The predicted molar refractivity (Wildman–Crippen MR) is 148 cm³/mol. The molecule has 4 aliphatic carbocycles. The molecule has 4 aliphatic rings. The molecule has 196 valence electrons. The predicted octanol–water partition coefficient (Wildman–Crippen LogP) is 8.94. The lowest BCUT2D eigenvalue weighted by Crippen LogP contribution is -2.57. The summed E-state index contributed by atoms with van der Waals surface area (Å²) in [5.41, 5.74) is 2.44. The number of rotatable bonds is 7. The fourth-order valence-corrected chi connectivity index (χ4v) is 10.7. The maximum absolute atomic E-state index is 11.2. The molecule has 0 bridgehead atoms. The van der Waals surface area contributed by atoms with E-state index in [4.69, 9.17) is 0 Å². The van der Waals surface area contributed by atoms with Crippen molar-refractivity contribution in [3.63, 3.8) is 0 Å². The van der Waals surface area contributed by atoms with Gasteiger partial charge in [0.25, 0.3) is 0 Å². The zero-order valence-electron chi connectivity index (χ0n) is 23.5. The van der Waals surface area contributed by atoms with Gasteiger partial charge >= 0.3 is 0 Å². The van der Waals surface area contributed by atoms with E-state index in [2.05, 4.69) is 65.0 Å². The third-order valence-electron chi connectivity index (χ3n) is 12.4. The molecule has 4 fully saturated rings. The van der Waals surface area contributed by atoms with Crippen molar-refractivity contribution in [3.05, 3.63) is 35.9 Å². The van der Waals surface area contributed by atoms with E-state index >= 15 is 0 Å². The summed E-state index contributed by atoms with van der Waals surface area (Å²) < 4.78 is 0. The Balaban J connectivity index is 1.31. The number of hydrogen-bond acceptors (Lipinski definition) is 1. The van der Waals surface area contributed by atoms with Gasteiger partial charge in [-0.25, -0.2) is 0 Å². The Kier molecular flexibility index (Phi) is 7.49. The molecular formula is C34H54O. The molecular weight excluding hydrogens is 424 g/mol. The van der Waals surface area contributed by atoms with Gasteiger partial charge < -0.3 is 5.11 Å². The van der Waals surface area contributed by atoms with Gasteiger partial charge in [-0.1, -0.05) is 84.2 Å². The fraction of sp³-hybridized carbons (Fsp3) is 0.824. The summed E-state index contributed by atoms with van der Waals surface area (Å²) >= 11 is 0. The zero-order valence-corrected chi connectivity index (χ0v) is 23.5. The summed E-state index contributed by atoms with van der Waals surface area (Å²) in [7, 11) is 0. The maximum atomic E-state index is 11.2. The average Bonchev–Trinajstić information content (AvgIpc) is 3.19. The lowest BCUT2D eigenvalue weighted by atomic mass is 9.42. The Hall–Kier alpha value is -0.820. The minimum Gasteiger partial charge on any atom is -0.393 e. The highest BCUT2D eigenvalue weighted by molar-refractivity contribution is 5.18. The third-order valence-corrected chi connectivity index (χ3v) is 12.4. The number of benzene rings is 1. The molecule has 0 aliphatic heterocycles. The van der Waals surface area contributed by atoms with Gasteiger partial charge in [0.2, 0.25) is 0 Å². The summed E-state index contributed by atoms with van der Waals surface area (Å²) in [5.74, 6) is 6.62. The molecule has 1 heteroatoms. The van der Waals surface area contributed by atoms with Crippen molar-refractivity contribution in [1.29, 1.82) is 0 Å². The number of aliphatic hydroxyl groups is 1. The molecule has 0 unspecified atom stereocenters. The van der Waals surface area contributed by atoms with Crippen LogP contribution in [0.1, 0.15) is 111 Å². The second-order valence-electron chi connectivity index (χ2n) is 14.6. The molecule has 4 saturated carbocycles. The second kappa shape index (κ2) is 10.2. The average molecular weight is 479 g/mol. The largest absolute Gasteiger partial charge is 0.393 e. The first kappa shape index (κ1) is 25.8. The standard InChI is InChI=1S/C34H54O/c1-23(2)10-9-11-24(3)28-16-17-29-26-14-15-30-27(22-25-12-7-6-8-13-25)32(35)19-21-34(30,5)31(26)18-20-33(28,29)4/h6-8,12-13,23-24,26-32,35H,9-11,14-22H2,1-5H3/t24-,26+,27+,28-,29+,30+,31+,32-,33-,34+/m1/s1. The smallest absolute Gasteiger partial charge is 0.0574 e. The van der Waals surface area contributed by atoms with E-state index in [0.717, 1.165) is 48.3 Å². The van der Waals surface area contributed by atoms with Gasteiger partial charge in [0.1, 0.15) is 0 Å². The van der Waals surface area contributed by atoms with Crippen LogP contribution in [0, 0.1) is 58.2 Å². The minimum atomic E-state index is -0.110. The molecule has 0 aromatic heterocycles. The first-order chi connectivity index (χ1) is 16.7. The van der Waals surface area contributed by atoms with Gasteiger partial charge in [-0.15, -0.1) is 0 Å². The van der Waals surface area contributed by atoms with Crippen LogP contribution in [0.3, 0.4) is 0 Å². The normalized spacial score (nSPS) is 43.9. The summed E-state index contributed by atoms with van der Waals surface area (Å²) in [4.78, 5) is 0. The molecule has 1 nitrogen and oxygen atoms in total. The summed E-state index contributed by atoms with van der Waals surface area (Å²) in [6.45, 7) is 12.7. The van der Waals surface area contributed by atoms with Crippen molar-refractivity contribution in [3.8, 4) is 0 Å². The molecule has 0 spiro atoms. The van der Waals surface area contributed by atoms with Crippen molar-refractivity contribution in [2.45, 2.75) is 118 Å². The van der Waals surface area contributed by atoms with Crippen LogP contribution in [0.15, 0.2) is 30.3 Å². The fourth-order valence-electron chi connectivity index (χ4n) is 10.7. The van der Waals surface area contributed by atoms with Gasteiger partial charge in [-0.2, -0.15) is 0 Å². The minimum absolute atomic E-state index is 0.110. The first-order valence-electron chi connectivity index (χ1n) is 15.5. The molecule has 1 N–H and O–H groups in total. The summed E-state index contributed by atoms with van der Waals surface area (Å²) in [6, 6.07) is 11.0. The zero-order chi connectivity index (χ0) is 24.8. The molecule has 5 rings (SSSR count). The lowest BCUT2D eigenvalue weighted by Gasteiger charge is -2.63. The van der Waals surface area contributed by atoms with Crippen molar-refractivity contribution in [1.82, 2.24) is 0 Å². The van der Waals surface area contributed by atoms with Crippen molar-refractivity contribution in [2.24, 2.45) is 58.2 Å². The van der Waals surface area contributed by atoms with E-state index in [9.17, 15) is 5.11 Å². The van der Waals surface area contributed by atoms with Crippen molar-refractivity contribution >= 4 is 0 Å². The summed E-state index contributed by atoms with van der Waals surface area (Å²) in [6.07, 6.45) is 16.2. The molecule has 0 radical (unpaired) electrons. The van der Waals surface area contributed by atoms with E-state index in [1.807, 2.05) is 0 Å². The van der Waals surface area contributed by atoms with Crippen molar-refractivity contribution < 1.29 is 5.11 Å². The Labute approximate surface area is 216 Å². The highest BCUT2D eigenvalue weighted by Gasteiger charge is 2.61. The van der Waals surface area contributed by atoms with Crippen LogP contribution < -0.4 is 0 Å². The lowest BCUT2D eigenvalue weighted by molar-refractivity contribution is -0.152. The number of aliphatic hydroxyl groups excluding tert-OH is 1. The Morgan fingerprint density at radius 1 is 0.800 bits per heavy atom. The van der Waals surface area contributed by atoms with Crippen LogP contribution in [0.2, 0.25) is 0 Å². The SMILES string of the molecule is CC(C)CCC[C@@H](C)[C@H]1CC[C@H]2[C@@H]3CC[C@H]4[C@H](Cc5ccccc5)[C@H](O)CC[C@]4(C)[C@H]3CC[C@]12C. The summed E-state index contributed by atoms with van der Waals surface area (Å²) in [5, 5.41) is 11.2. The monoisotopic (exact) mass is 478 g/mol. The van der Waals surface area contributed by atoms with Gasteiger partial charge in [0.05, 0.1) is 6.10 Å². The maximum Gasteiger partial charge on any atom is 0.0574 e. The van der Waals surface area contributed by atoms with E-state index in [1.165, 1.54) is 69.8 Å². The van der Waals surface area contributed by atoms with Crippen LogP contribution in [0.4, 0.5) is 0 Å². The van der Waals surface area contributed by atoms with Crippen LogP contribution in [-0.4, -0.2) is 11.2 Å². The first-order valence-corrected chi connectivity index (χ1v) is 15.5. The molecule has 1 aromatic rings. The van der Waals surface area contributed by atoms with E-state index < -0.39 is 0 Å². The van der Waals surface area contributed by atoms with Gasteiger partial charge in [0.15, 0.2) is 0 Å². The Morgan fingerprint density at radius 3 is 2.23 bits per heavy atom. The molecule has 0 heterocycles. The highest BCUT2D eigenvalue weighted by Crippen LogP contribution is 2.69. The van der Waals surface area contributed by atoms with Gasteiger partial charge in [-0.05, 0) is 122 Å². The molecule has 0 saturated heterocycles. The topological polar surface area (TPSA) is 20.2 Å². The third kappa shape index (κ3) is 4.66. The van der Waals surface area contributed by atoms with Crippen LogP contribution >= 0.6 is 0 Å². The van der Waals surface area contributed by atoms with Crippen LogP contribution in [0.5, 0.6) is 0 Å². The number of hydrogen-bond donors (Lipinski definition) is 1. The number of fused-ring (bicyclic) bond motifs is 5.